The van der Waals surface area contributed by atoms with E-state index >= 15 is 0 Å². The molecule has 84 valence electrons. The van der Waals surface area contributed by atoms with Crippen LogP contribution in [0, 0.1) is 0 Å². The van der Waals surface area contributed by atoms with Crippen molar-refractivity contribution in [2.45, 2.75) is 12.5 Å². The summed E-state index contributed by atoms with van der Waals surface area (Å²) in [5.74, 6) is -1.46. The van der Waals surface area contributed by atoms with Crippen molar-refractivity contribution in [1.82, 2.24) is 0 Å². The number of carbonyl (C=O) groups excluding carboxylic acids is 1. The number of benzene rings is 1. The number of carbonyl (C=O) groups is 2. The molecule has 0 radical (unpaired) electrons. The Hall–Kier alpha value is -1.94. The van der Waals surface area contributed by atoms with Crippen molar-refractivity contribution in [3.05, 3.63) is 42.0 Å². The summed E-state index contributed by atoms with van der Waals surface area (Å²) >= 11 is 0. The van der Waals surface area contributed by atoms with E-state index in [1.807, 2.05) is 30.3 Å². The molecule has 1 aromatic rings. The molecule has 0 saturated carbocycles. The Morgan fingerprint density at radius 1 is 1.31 bits per heavy atom. The molecule has 4 nitrogen and oxygen atoms in total. The van der Waals surface area contributed by atoms with Gasteiger partial charge in [0.15, 0.2) is 5.78 Å². The van der Waals surface area contributed by atoms with E-state index < -0.39 is 12.0 Å². The SMILES string of the molecule is N[C@@H](CC(=O)/C=C/c1ccccc1)C(=O)O. The molecule has 16 heavy (non-hydrogen) atoms. The van der Waals surface area contributed by atoms with Crippen LogP contribution in [0.25, 0.3) is 6.08 Å². The number of carboxylic acid groups (broad SMARTS) is 1. The summed E-state index contributed by atoms with van der Waals surface area (Å²) in [5.41, 5.74) is 6.12. The summed E-state index contributed by atoms with van der Waals surface area (Å²) in [4.78, 5) is 21.7. The lowest BCUT2D eigenvalue weighted by atomic mass is 10.1. The second-order valence-corrected chi connectivity index (χ2v) is 3.36. The molecule has 0 unspecified atom stereocenters. The van der Waals surface area contributed by atoms with Crippen molar-refractivity contribution in [2.75, 3.05) is 0 Å². The van der Waals surface area contributed by atoms with E-state index in [0.29, 0.717) is 0 Å². The summed E-state index contributed by atoms with van der Waals surface area (Å²) in [6.07, 6.45) is 2.80. The van der Waals surface area contributed by atoms with Gasteiger partial charge >= 0.3 is 5.97 Å². The number of allylic oxidation sites excluding steroid dienone is 1. The second-order valence-electron chi connectivity index (χ2n) is 3.36. The molecule has 4 heteroatoms. The van der Waals surface area contributed by atoms with E-state index in [4.69, 9.17) is 10.8 Å². The number of hydrogen-bond acceptors (Lipinski definition) is 3. The van der Waals surface area contributed by atoms with Gasteiger partial charge in [0.25, 0.3) is 0 Å². The third-order valence-corrected chi connectivity index (χ3v) is 2.00. The zero-order chi connectivity index (χ0) is 12.0. The van der Waals surface area contributed by atoms with Crippen LogP contribution >= 0.6 is 0 Å². The Labute approximate surface area is 93.4 Å². The highest BCUT2D eigenvalue weighted by Gasteiger charge is 2.14. The third-order valence-electron chi connectivity index (χ3n) is 2.00. The van der Waals surface area contributed by atoms with Crippen molar-refractivity contribution < 1.29 is 14.7 Å². The highest BCUT2D eigenvalue weighted by molar-refractivity contribution is 5.96. The van der Waals surface area contributed by atoms with Gasteiger partial charge in [0.05, 0.1) is 0 Å². The van der Waals surface area contributed by atoms with Gasteiger partial charge in [-0.3, -0.25) is 9.59 Å². The van der Waals surface area contributed by atoms with E-state index in [9.17, 15) is 9.59 Å². The van der Waals surface area contributed by atoms with Gasteiger partial charge in [0, 0.05) is 6.42 Å². The Balaban J connectivity index is 2.52. The Morgan fingerprint density at radius 3 is 2.50 bits per heavy atom. The van der Waals surface area contributed by atoms with Gasteiger partial charge in [-0.1, -0.05) is 36.4 Å². The molecule has 0 spiro atoms. The van der Waals surface area contributed by atoms with Crippen LogP contribution in [-0.4, -0.2) is 22.9 Å². The zero-order valence-electron chi connectivity index (χ0n) is 8.67. The summed E-state index contributed by atoms with van der Waals surface area (Å²) in [7, 11) is 0. The maximum atomic E-state index is 11.3. The van der Waals surface area contributed by atoms with Gasteiger partial charge in [-0.15, -0.1) is 0 Å². The molecule has 1 aromatic carbocycles. The molecule has 0 heterocycles. The maximum Gasteiger partial charge on any atom is 0.320 e. The number of rotatable bonds is 5. The Morgan fingerprint density at radius 2 is 1.94 bits per heavy atom. The van der Waals surface area contributed by atoms with Crippen LogP contribution in [0.15, 0.2) is 36.4 Å². The minimum Gasteiger partial charge on any atom is -0.480 e. The van der Waals surface area contributed by atoms with Crippen LogP contribution in [0.3, 0.4) is 0 Å². The largest absolute Gasteiger partial charge is 0.480 e. The monoisotopic (exact) mass is 219 g/mol. The van der Waals surface area contributed by atoms with Crippen molar-refractivity contribution in [3.63, 3.8) is 0 Å². The predicted octanol–water partition coefficient (Wildman–Crippen LogP) is 1.07. The van der Waals surface area contributed by atoms with Crippen LogP contribution in [0.1, 0.15) is 12.0 Å². The van der Waals surface area contributed by atoms with Crippen molar-refractivity contribution in [2.24, 2.45) is 5.73 Å². The lowest BCUT2D eigenvalue weighted by molar-refractivity contribution is -0.139. The molecule has 1 atom stereocenters. The predicted molar refractivity (Wildman–Crippen MR) is 60.7 cm³/mol. The fourth-order valence-corrected chi connectivity index (χ4v) is 1.13. The fourth-order valence-electron chi connectivity index (χ4n) is 1.13. The average Bonchev–Trinajstić information content (AvgIpc) is 2.27. The minimum absolute atomic E-state index is 0.182. The van der Waals surface area contributed by atoms with Gasteiger partial charge in [0.2, 0.25) is 0 Å². The molecule has 0 amide bonds. The molecule has 0 aliphatic rings. The van der Waals surface area contributed by atoms with E-state index in [1.54, 1.807) is 6.08 Å². The van der Waals surface area contributed by atoms with Crippen LogP contribution in [0.4, 0.5) is 0 Å². The van der Waals surface area contributed by atoms with Crippen molar-refractivity contribution in [1.29, 1.82) is 0 Å². The highest BCUT2D eigenvalue weighted by Crippen LogP contribution is 2.02. The second kappa shape index (κ2) is 5.82. The molecule has 0 saturated heterocycles. The number of aliphatic carboxylic acids is 1. The van der Waals surface area contributed by atoms with Crippen LogP contribution in [0.5, 0.6) is 0 Å². The first-order valence-electron chi connectivity index (χ1n) is 4.84. The van der Waals surface area contributed by atoms with Gasteiger partial charge in [-0.05, 0) is 11.6 Å². The van der Waals surface area contributed by atoms with Crippen molar-refractivity contribution in [3.8, 4) is 0 Å². The van der Waals surface area contributed by atoms with E-state index in [2.05, 4.69) is 0 Å². The fraction of sp³-hybridized carbons (Fsp3) is 0.167. The quantitative estimate of drug-likeness (QED) is 0.726. The first-order chi connectivity index (χ1) is 7.59. The molecule has 0 bridgehead atoms. The summed E-state index contributed by atoms with van der Waals surface area (Å²) in [5, 5.41) is 8.51. The van der Waals surface area contributed by atoms with Crippen molar-refractivity contribution >= 4 is 17.8 Å². The topological polar surface area (TPSA) is 80.4 Å². The first kappa shape index (κ1) is 12.1. The van der Waals surface area contributed by atoms with E-state index in [0.717, 1.165) is 5.56 Å². The summed E-state index contributed by atoms with van der Waals surface area (Å²) in [6, 6.07) is 8.15. The molecule has 0 aliphatic carbocycles. The average molecular weight is 219 g/mol. The molecular formula is C12H13NO3. The lowest BCUT2D eigenvalue weighted by Crippen LogP contribution is -2.32. The molecule has 0 fully saturated rings. The molecule has 0 aliphatic heterocycles. The lowest BCUT2D eigenvalue weighted by Gasteiger charge is -2.01. The van der Waals surface area contributed by atoms with E-state index in [1.165, 1.54) is 6.08 Å². The van der Waals surface area contributed by atoms with Crippen LogP contribution < -0.4 is 5.73 Å². The molecule has 1 rings (SSSR count). The van der Waals surface area contributed by atoms with Gasteiger partial charge in [-0.25, -0.2) is 0 Å². The number of ketones is 1. The highest BCUT2D eigenvalue weighted by atomic mass is 16.4. The smallest absolute Gasteiger partial charge is 0.320 e. The van der Waals surface area contributed by atoms with Crippen LogP contribution in [0.2, 0.25) is 0 Å². The van der Waals surface area contributed by atoms with E-state index in [-0.39, 0.29) is 12.2 Å². The summed E-state index contributed by atoms with van der Waals surface area (Å²) < 4.78 is 0. The molecule has 0 aromatic heterocycles. The summed E-state index contributed by atoms with van der Waals surface area (Å²) in [6.45, 7) is 0. The van der Waals surface area contributed by atoms with Crippen LogP contribution in [-0.2, 0) is 9.59 Å². The molecular weight excluding hydrogens is 206 g/mol. The normalized spacial score (nSPS) is 12.6. The van der Waals surface area contributed by atoms with Gasteiger partial charge in [-0.2, -0.15) is 0 Å². The van der Waals surface area contributed by atoms with Gasteiger partial charge < -0.3 is 10.8 Å². The Kier molecular flexibility index (Phi) is 4.42. The zero-order valence-corrected chi connectivity index (χ0v) is 8.67. The third kappa shape index (κ3) is 4.06. The number of carboxylic acids is 1. The molecule has 3 N–H and O–H groups in total. The standard InChI is InChI=1S/C12H13NO3/c13-11(12(15)16)8-10(14)7-6-9-4-2-1-3-5-9/h1-7,11H,8,13H2,(H,15,16)/b7-6+/t11-/m0/s1. The number of hydrogen-bond donors (Lipinski definition) is 2. The maximum absolute atomic E-state index is 11.3. The van der Waals surface area contributed by atoms with Gasteiger partial charge in [0.1, 0.15) is 6.04 Å². The number of nitrogens with two attached hydrogens (primary N) is 1. The Bertz CT molecular complexity index is 398. The first-order valence-corrected chi connectivity index (χ1v) is 4.84. The minimum atomic E-state index is -1.17.